The van der Waals surface area contributed by atoms with Crippen LogP contribution in [0.4, 0.5) is 0 Å². The average molecular weight is 283 g/mol. The van der Waals surface area contributed by atoms with E-state index in [1.165, 1.54) is 11.3 Å². The number of aromatic nitrogens is 2. The third kappa shape index (κ3) is 2.78. The van der Waals surface area contributed by atoms with Gasteiger partial charge in [0.2, 0.25) is 0 Å². The van der Waals surface area contributed by atoms with Gasteiger partial charge in [0.05, 0.1) is 11.2 Å². The molecule has 0 bridgehead atoms. The number of nitrogens with one attached hydrogen (secondary N) is 1. The number of carbonyl (C=O) groups excluding carboxylic acids is 1. The Hall–Kier alpha value is -2.40. The number of thiophene rings is 1. The first-order valence-electron chi connectivity index (χ1n) is 6.22. The van der Waals surface area contributed by atoms with Crippen LogP contribution in [0.2, 0.25) is 0 Å². The van der Waals surface area contributed by atoms with Crippen LogP contribution in [0.15, 0.2) is 60.5 Å². The summed E-state index contributed by atoms with van der Waals surface area (Å²) in [7, 11) is 0. The molecule has 4 nitrogen and oxygen atoms in total. The second-order valence-corrected chi connectivity index (χ2v) is 5.24. The van der Waals surface area contributed by atoms with Gasteiger partial charge in [-0.15, -0.1) is 11.3 Å². The van der Waals surface area contributed by atoms with Crippen LogP contribution in [0.5, 0.6) is 0 Å². The second-order valence-electron chi connectivity index (χ2n) is 4.30. The predicted octanol–water partition coefficient (Wildman–Crippen LogP) is 2.86. The Kier molecular flexibility index (Phi) is 3.60. The molecular formula is C15H13N3OS. The first-order valence-corrected chi connectivity index (χ1v) is 7.10. The highest BCUT2D eigenvalue weighted by Gasteiger charge is 2.05. The van der Waals surface area contributed by atoms with Crippen molar-refractivity contribution in [3.63, 3.8) is 0 Å². The average Bonchev–Trinajstić information content (AvgIpc) is 3.18. The SMILES string of the molecule is O=C(NCc1ccc(-n2ccnc2)cc1)c1cccs1. The van der Waals surface area contributed by atoms with E-state index in [2.05, 4.69) is 10.3 Å². The maximum atomic E-state index is 11.8. The lowest BCUT2D eigenvalue weighted by atomic mass is 10.2. The minimum absolute atomic E-state index is 0.0290. The van der Waals surface area contributed by atoms with Crippen LogP contribution < -0.4 is 5.32 Å². The fraction of sp³-hybridized carbons (Fsp3) is 0.0667. The quantitative estimate of drug-likeness (QED) is 0.800. The minimum Gasteiger partial charge on any atom is -0.347 e. The van der Waals surface area contributed by atoms with Crippen LogP contribution >= 0.6 is 11.3 Å². The smallest absolute Gasteiger partial charge is 0.261 e. The summed E-state index contributed by atoms with van der Waals surface area (Å²) in [6, 6.07) is 11.7. The largest absolute Gasteiger partial charge is 0.347 e. The van der Waals surface area contributed by atoms with Gasteiger partial charge in [0.15, 0.2) is 0 Å². The Labute approximate surface area is 120 Å². The molecule has 0 aliphatic rings. The van der Waals surface area contributed by atoms with Gasteiger partial charge >= 0.3 is 0 Å². The van der Waals surface area contributed by atoms with E-state index in [1.807, 2.05) is 52.5 Å². The number of hydrogen-bond donors (Lipinski definition) is 1. The lowest BCUT2D eigenvalue weighted by molar-refractivity contribution is 0.0955. The van der Waals surface area contributed by atoms with Gasteiger partial charge < -0.3 is 9.88 Å². The molecule has 0 saturated heterocycles. The molecule has 20 heavy (non-hydrogen) atoms. The van der Waals surface area contributed by atoms with Crippen LogP contribution in [0, 0.1) is 0 Å². The first-order chi connectivity index (χ1) is 9.83. The van der Waals surface area contributed by atoms with E-state index in [-0.39, 0.29) is 5.91 Å². The molecule has 0 fully saturated rings. The van der Waals surface area contributed by atoms with Crippen molar-refractivity contribution in [3.8, 4) is 5.69 Å². The highest BCUT2D eigenvalue weighted by molar-refractivity contribution is 7.12. The Bertz CT molecular complexity index is 673. The van der Waals surface area contributed by atoms with Crippen molar-refractivity contribution in [3.05, 3.63) is 70.9 Å². The number of hydrogen-bond acceptors (Lipinski definition) is 3. The van der Waals surface area contributed by atoms with E-state index in [0.29, 0.717) is 6.54 Å². The molecule has 100 valence electrons. The fourth-order valence-corrected chi connectivity index (χ4v) is 2.52. The van der Waals surface area contributed by atoms with Crippen LogP contribution in [0.3, 0.4) is 0 Å². The van der Waals surface area contributed by atoms with Gasteiger partial charge in [0, 0.05) is 24.6 Å². The molecule has 0 spiro atoms. The van der Waals surface area contributed by atoms with E-state index in [4.69, 9.17) is 0 Å². The van der Waals surface area contributed by atoms with Crippen molar-refractivity contribution in [1.29, 1.82) is 0 Å². The van der Waals surface area contributed by atoms with Crippen molar-refractivity contribution < 1.29 is 4.79 Å². The summed E-state index contributed by atoms with van der Waals surface area (Å²) >= 11 is 1.44. The summed E-state index contributed by atoms with van der Waals surface area (Å²) in [5.74, 6) is -0.0290. The van der Waals surface area contributed by atoms with Crippen LogP contribution in [0.25, 0.3) is 5.69 Å². The van der Waals surface area contributed by atoms with E-state index < -0.39 is 0 Å². The lowest BCUT2D eigenvalue weighted by Gasteiger charge is -2.06. The molecule has 2 heterocycles. The number of amides is 1. The molecular weight excluding hydrogens is 270 g/mol. The lowest BCUT2D eigenvalue weighted by Crippen LogP contribution is -2.21. The number of benzene rings is 1. The van der Waals surface area contributed by atoms with Gasteiger partial charge in [0.25, 0.3) is 5.91 Å². The fourth-order valence-electron chi connectivity index (χ4n) is 1.87. The van der Waals surface area contributed by atoms with Gasteiger partial charge in [-0.2, -0.15) is 0 Å². The molecule has 3 aromatic rings. The van der Waals surface area contributed by atoms with Crippen LogP contribution in [-0.2, 0) is 6.54 Å². The molecule has 1 aromatic carbocycles. The molecule has 5 heteroatoms. The summed E-state index contributed by atoms with van der Waals surface area (Å²) in [6.45, 7) is 0.529. The minimum atomic E-state index is -0.0290. The maximum absolute atomic E-state index is 11.8. The van der Waals surface area contributed by atoms with E-state index >= 15 is 0 Å². The third-order valence-corrected chi connectivity index (χ3v) is 3.81. The highest BCUT2D eigenvalue weighted by Crippen LogP contribution is 2.11. The topological polar surface area (TPSA) is 46.9 Å². The molecule has 0 radical (unpaired) electrons. The predicted molar refractivity (Wildman–Crippen MR) is 79.1 cm³/mol. The van der Waals surface area contributed by atoms with Gasteiger partial charge in [-0.05, 0) is 29.1 Å². The van der Waals surface area contributed by atoms with Crippen molar-refractivity contribution >= 4 is 17.2 Å². The summed E-state index contributed by atoms with van der Waals surface area (Å²) in [5.41, 5.74) is 2.12. The zero-order valence-electron chi connectivity index (χ0n) is 10.7. The van der Waals surface area contributed by atoms with E-state index in [1.54, 1.807) is 12.5 Å². The Morgan fingerprint density at radius 3 is 2.75 bits per heavy atom. The Balaban J connectivity index is 1.63. The van der Waals surface area contributed by atoms with Gasteiger partial charge in [-0.3, -0.25) is 4.79 Å². The van der Waals surface area contributed by atoms with Crippen molar-refractivity contribution in [2.45, 2.75) is 6.54 Å². The van der Waals surface area contributed by atoms with Crippen molar-refractivity contribution in [2.24, 2.45) is 0 Å². The summed E-state index contributed by atoms with van der Waals surface area (Å²) < 4.78 is 1.94. The zero-order valence-corrected chi connectivity index (χ0v) is 11.5. The Morgan fingerprint density at radius 1 is 1.25 bits per heavy atom. The van der Waals surface area contributed by atoms with Crippen LogP contribution in [0.1, 0.15) is 15.2 Å². The molecule has 0 unspecified atom stereocenters. The summed E-state index contributed by atoms with van der Waals surface area (Å²) in [6.07, 6.45) is 5.40. The highest BCUT2D eigenvalue weighted by atomic mass is 32.1. The Morgan fingerprint density at radius 2 is 2.10 bits per heavy atom. The normalized spacial score (nSPS) is 10.4. The second kappa shape index (κ2) is 5.71. The summed E-state index contributed by atoms with van der Waals surface area (Å²) in [5, 5.41) is 4.81. The van der Waals surface area contributed by atoms with Gasteiger partial charge in [-0.25, -0.2) is 4.98 Å². The standard InChI is InChI=1S/C15H13N3OS/c19-15(14-2-1-9-20-14)17-10-12-3-5-13(6-4-12)18-8-7-16-11-18/h1-9,11H,10H2,(H,17,19). The molecule has 0 atom stereocenters. The number of nitrogens with zero attached hydrogens (tertiary/aromatic N) is 2. The molecule has 0 aliphatic heterocycles. The van der Waals surface area contributed by atoms with E-state index in [9.17, 15) is 4.79 Å². The molecule has 1 N–H and O–H groups in total. The van der Waals surface area contributed by atoms with Crippen molar-refractivity contribution in [2.75, 3.05) is 0 Å². The number of imidazole rings is 1. The first kappa shape index (κ1) is 12.6. The molecule has 0 aliphatic carbocycles. The monoisotopic (exact) mass is 283 g/mol. The maximum Gasteiger partial charge on any atom is 0.261 e. The number of rotatable bonds is 4. The van der Waals surface area contributed by atoms with Gasteiger partial charge in [-0.1, -0.05) is 18.2 Å². The van der Waals surface area contributed by atoms with E-state index in [0.717, 1.165) is 16.1 Å². The molecule has 3 rings (SSSR count). The molecule has 1 amide bonds. The number of carbonyl (C=O) groups is 1. The zero-order chi connectivity index (χ0) is 13.8. The molecule has 2 aromatic heterocycles. The van der Waals surface area contributed by atoms with Gasteiger partial charge in [0.1, 0.15) is 0 Å². The summed E-state index contributed by atoms with van der Waals surface area (Å²) in [4.78, 5) is 16.6. The third-order valence-electron chi connectivity index (χ3n) is 2.94. The molecule has 0 saturated carbocycles. The van der Waals surface area contributed by atoms with Crippen molar-refractivity contribution in [1.82, 2.24) is 14.9 Å². The van der Waals surface area contributed by atoms with Crippen LogP contribution in [-0.4, -0.2) is 15.5 Å².